The van der Waals surface area contributed by atoms with Gasteiger partial charge in [0.1, 0.15) is 11.4 Å². The summed E-state index contributed by atoms with van der Waals surface area (Å²) in [4.78, 5) is 12.0. The molecule has 6 heteroatoms. The van der Waals surface area contributed by atoms with E-state index < -0.39 is 0 Å². The van der Waals surface area contributed by atoms with Crippen molar-refractivity contribution in [1.29, 1.82) is 0 Å². The Morgan fingerprint density at radius 3 is 2.76 bits per heavy atom. The maximum atomic E-state index is 12.0. The smallest absolute Gasteiger partial charge is 0.224 e. The number of aromatic nitrogens is 1. The highest BCUT2D eigenvalue weighted by atomic mass is 35.5. The second kappa shape index (κ2) is 7.69. The maximum Gasteiger partial charge on any atom is 0.224 e. The van der Waals surface area contributed by atoms with Gasteiger partial charge in [-0.2, -0.15) is 0 Å². The first-order valence-electron chi connectivity index (χ1n) is 6.70. The summed E-state index contributed by atoms with van der Waals surface area (Å²) >= 11 is 0. The lowest BCUT2D eigenvalue weighted by atomic mass is 10.1. The minimum Gasteiger partial charge on any atom is -0.399 e. The van der Waals surface area contributed by atoms with Gasteiger partial charge in [-0.05, 0) is 31.4 Å². The van der Waals surface area contributed by atoms with Gasteiger partial charge in [-0.25, -0.2) is 0 Å². The normalized spacial score (nSPS) is 10.0. The lowest BCUT2D eigenvalue weighted by molar-refractivity contribution is -0.116. The monoisotopic (exact) mass is 309 g/mol. The zero-order chi connectivity index (χ0) is 14.5. The molecule has 0 spiro atoms. The number of anilines is 2. The molecule has 0 saturated carbocycles. The molecule has 2 rings (SSSR count). The van der Waals surface area contributed by atoms with Crippen molar-refractivity contribution >= 4 is 29.7 Å². The molecule has 1 aromatic heterocycles. The van der Waals surface area contributed by atoms with Crippen LogP contribution in [0.2, 0.25) is 0 Å². The molecule has 3 N–H and O–H groups in total. The largest absolute Gasteiger partial charge is 0.399 e. The second-order valence-electron chi connectivity index (χ2n) is 4.66. The topological polar surface area (TPSA) is 81.2 Å². The molecule has 0 aliphatic rings. The standard InChI is InChI=1S/C15H19N3O2.ClH/c1-3-13-15(10(2)20-18-13)17-14(19)9-8-11-6-4-5-7-12(11)16;/h4-7H,3,8-9,16H2,1-2H3,(H,17,19);1H. The molecule has 0 aliphatic heterocycles. The van der Waals surface area contributed by atoms with Gasteiger partial charge < -0.3 is 15.6 Å². The number of nitrogens with zero attached hydrogens (tertiary/aromatic N) is 1. The Kier molecular flexibility index (Phi) is 6.24. The van der Waals surface area contributed by atoms with Crippen LogP contribution < -0.4 is 11.1 Å². The molecule has 0 saturated heterocycles. The minimum atomic E-state index is -0.0609. The fourth-order valence-corrected chi connectivity index (χ4v) is 2.03. The highest BCUT2D eigenvalue weighted by Crippen LogP contribution is 2.21. The zero-order valence-corrected chi connectivity index (χ0v) is 13.0. The quantitative estimate of drug-likeness (QED) is 0.831. The summed E-state index contributed by atoms with van der Waals surface area (Å²) in [6.07, 6.45) is 1.71. The molecule has 0 radical (unpaired) electrons. The van der Waals surface area contributed by atoms with E-state index in [0.29, 0.717) is 24.3 Å². The molecule has 0 bridgehead atoms. The van der Waals surface area contributed by atoms with E-state index in [1.54, 1.807) is 6.92 Å². The molecule has 1 aromatic carbocycles. The number of nitrogens with two attached hydrogens (primary N) is 1. The van der Waals surface area contributed by atoms with Gasteiger partial charge in [0, 0.05) is 12.1 Å². The van der Waals surface area contributed by atoms with Crippen LogP contribution >= 0.6 is 12.4 Å². The van der Waals surface area contributed by atoms with E-state index in [1.165, 1.54) is 0 Å². The van der Waals surface area contributed by atoms with E-state index in [9.17, 15) is 4.79 Å². The second-order valence-corrected chi connectivity index (χ2v) is 4.66. The number of halogens is 1. The number of benzene rings is 1. The van der Waals surface area contributed by atoms with Gasteiger partial charge in [0.25, 0.3) is 0 Å². The Hall–Kier alpha value is -2.01. The van der Waals surface area contributed by atoms with Crippen LogP contribution in [0.3, 0.4) is 0 Å². The number of amides is 1. The number of rotatable bonds is 5. The predicted octanol–water partition coefficient (Wildman–Crippen LogP) is 3.12. The predicted molar refractivity (Wildman–Crippen MR) is 85.7 cm³/mol. The van der Waals surface area contributed by atoms with E-state index in [-0.39, 0.29) is 18.3 Å². The number of aryl methyl sites for hydroxylation is 3. The summed E-state index contributed by atoms with van der Waals surface area (Å²) in [5, 5.41) is 6.77. The summed E-state index contributed by atoms with van der Waals surface area (Å²) in [5.41, 5.74) is 9.03. The van der Waals surface area contributed by atoms with Crippen LogP contribution in [-0.2, 0) is 17.6 Å². The van der Waals surface area contributed by atoms with Gasteiger partial charge in [-0.3, -0.25) is 4.79 Å². The lowest BCUT2D eigenvalue weighted by Crippen LogP contribution is -2.14. The molecular weight excluding hydrogens is 290 g/mol. The summed E-state index contributed by atoms with van der Waals surface area (Å²) in [6, 6.07) is 7.58. The van der Waals surface area contributed by atoms with Crippen LogP contribution in [0.1, 0.15) is 30.4 Å². The lowest BCUT2D eigenvalue weighted by Gasteiger charge is -2.06. The third-order valence-electron chi connectivity index (χ3n) is 3.21. The highest BCUT2D eigenvalue weighted by molar-refractivity contribution is 5.92. The van der Waals surface area contributed by atoms with E-state index in [4.69, 9.17) is 10.3 Å². The van der Waals surface area contributed by atoms with Gasteiger partial charge in [0.15, 0.2) is 5.76 Å². The molecular formula is C15H20ClN3O2. The van der Waals surface area contributed by atoms with Crippen molar-refractivity contribution in [3.63, 3.8) is 0 Å². The molecule has 5 nitrogen and oxygen atoms in total. The van der Waals surface area contributed by atoms with E-state index >= 15 is 0 Å². The SMILES string of the molecule is CCc1noc(C)c1NC(=O)CCc1ccccc1N.Cl. The van der Waals surface area contributed by atoms with E-state index in [1.807, 2.05) is 31.2 Å². The molecule has 114 valence electrons. The zero-order valence-electron chi connectivity index (χ0n) is 12.2. The molecule has 0 unspecified atom stereocenters. The van der Waals surface area contributed by atoms with Crippen molar-refractivity contribution in [2.24, 2.45) is 0 Å². The van der Waals surface area contributed by atoms with Gasteiger partial charge >= 0.3 is 0 Å². The summed E-state index contributed by atoms with van der Waals surface area (Å²) in [6.45, 7) is 3.76. The minimum absolute atomic E-state index is 0. The summed E-state index contributed by atoms with van der Waals surface area (Å²) in [7, 11) is 0. The number of para-hydroxylation sites is 1. The van der Waals surface area contributed by atoms with Crippen molar-refractivity contribution in [1.82, 2.24) is 5.16 Å². The highest BCUT2D eigenvalue weighted by Gasteiger charge is 2.14. The van der Waals surface area contributed by atoms with Crippen molar-refractivity contribution in [3.8, 4) is 0 Å². The van der Waals surface area contributed by atoms with Crippen molar-refractivity contribution in [2.75, 3.05) is 11.1 Å². The van der Waals surface area contributed by atoms with E-state index in [0.717, 1.165) is 23.4 Å². The van der Waals surface area contributed by atoms with Crippen LogP contribution in [0.4, 0.5) is 11.4 Å². The number of nitrogen functional groups attached to an aromatic ring is 1. The van der Waals surface area contributed by atoms with Crippen molar-refractivity contribution in [2.45, 2.75) is 33.1 Å². The fourth-order valence-electron chi connectivity index (χ4n) is 2.03. The van der Waals surface area contributed by atoms with Gasteiger partial charge in [-0.1, -0.05) is 30.3 Å². The van der Waals surface area contributed by atoms with E-state index in [2.05, 4.69) is 10.5 Å². The van der Waals surface area contributed by atoms with Gasteiger partial charge in [0.2, 0.25) is 5.91 Å². The number of carbonyl (C=O) groups is 1. The molecule has 1 heterocycles. The third-order valence-corrected chi connectivity index (χ3v) is 3.21. The average molecular weight is 310 g/mol. The van der Waals surface area contributed by atoms with Crippen LogP contribution in [-0.4, -0.2) is 11.1 Å². The Morgan fingerprint density at radius 1 is 1.38 bits per heavy atom. The molecule has 0 atom stereocenters. The van der Waals surface area contributed by atoms with Crippen molar-refractivity contribution in [3.05, 3.63) is 41.3 Å². The molecule has 1 amide bonds. The molecule has 0 aliphatic carbocycles. The number of hydrogen-bond donors (Lipinski definition) is 2. The van der Waals surface area contributed by atoms with Gasteiger partial charge in [0.05, 0.1) is 0 Å². The molecule has 0 fully saturated rings. The molecule has 21 heavy (non-hydrogen) atoms. The first-order valence-corrected chi connectivity index (χ1v) is 6.70. The first-order chi connectivity index (χ1) is 9.61. The Labute approximate surface area is 130 Å². The molecule has 2 aromatic rings. The first kappa shape index (κ1) is 17.0. The average Bonchev–Trinajstić information content (AvgIpc) is 2.79. The Bertz CT molecular complexity index is 611. The van der Waals surface area contributed by atoms with Gasteiger partial charge in [-0.15, -0.1) is 12.4 Å². The number of hydrogen-bond acceptors (Lipinski definition) is 4. The van der Waals surface area contributed by atoms with Crippen molar-refractivity contribution < 1.29 is 9.32 Å². The number of carbonyl (C=O) groups excluding carboxylic acids is 1. The Balaban J connectivity index is 0.00000220. The van der Waals surface area contributed by atoms with Crippen LogP contribution in [0.15, 0.2) is 28.8 Å². The Morgan fingerprint density at radius 2 is 2.10 bits per heavy atom. The summed E-state index contributed by atoms with van der Waals surface area (Å²) in [5.74, 6) is 0.573. The van der Waals surface area contributed by atoms with Crippen LogP contribution in [0.25, 0.3) is 0 Å². The fraction of sp³-hybridized carbons (Fsp3) is 0.333. The maximum absolute atomic E-state index is 12.0. The number of nitrogens with one attached hydrogen (secondary N) is 1. The summed E-state index contributed by atoms with van der Waals surface area (Å²) < 4.78 is 5.08. The third kappa shape index (κ3) is 4.23. The van der Waals surface area contributed by atoms with Crippen LogP contribution in [0.5, 0.6) is 0 Å². The van der Waals surface area contributed by atoms with Crippen LogP contribution in [0, 0.1) is 6.92 Å².